The number of rotatable bonds is 4. The molecule has 2 rings (SSSR count). The van der Waals surface area contributed by atoms with Crippen molar-refractivity contribution in [1.82, 2.24) is 14.7 Å². The lowest BCUT2D eigenvalue weighted by atomic mass is 9.83. The quantitative estimate of drug-likeness (QED) is 0.714. The van der Waals surface area contributed by atoms with Crippen molar-refractivity contribution in [3.05, 3.63) is 0 Å². The van der Waals surface area contributed by atoms with Crippen LogP contribution in [0.1, 0.15) is 41.5 Å². The molecule has 0 aliphatic carbocycles. The van der Waals surface area contributed by atoms with Crippen LogP contribution >= 0.6 is 0 Å². The van der Waals surface area contributed by atoms with Gasteiger partial charge in [0.05, 0.1) is 19.6 Å². The number of β-lactam (4-membered cyclic amide) rings is 1. The van der Waals surface area contributed by atoms with E-state index in [0.29, 0.717) is 32.1 Å². The van der Waals surface area contributed by atoms with Crippen LogP contribution in [0.4, 0.5) is 4.79 Å². The minimum Gasteiger partial charge on any atom is -0.444 e. The number of ether oxygens (including phenoxy) is 1. The van der Waals surface area contributed by atoms with E-state index in [2.05, 4.69) is 18.7 Å². The largest absolute Gasteiger partial charge is 0.444 e. The predicted molar refractivity (Wildman–Crippen MR) is 94.2 cm³/mol. The molecule has 2 saturated heterocycles. The molecule has 2 aliphatic heterocycles. The zero-order valence-corrected chi connectivity index (χ0v) is 16.3. The summed E-state index contributed by atoms with van der Waals surface area (Å²) in [6, 6.07) is 0. The van der Waals surface area contributed by atoms with Crippen LogP contribution in [-0.4, -0.2) is 82.9 Å². The Morgan fingerprint density at radius 1 is 1.20 bits per heavy atom. The Morgan fingerprint density at radius 3 is 2.32 bits per heavy atom. The molecule has 7 nitrogen and oxygen atoms in total. The highest BCUT2D eigenvalue weighted by Gasteiger charge is 2.59. The second-order valence-corrected chi connectivity index (χ2v) is 8.64. The molecule has 0 saturated carbocycles. The number of nitrogens with zero attached hydrogens (tertiary/aromatic N) is 3. The van der Waals surface area contributed by atoms with Crippen LogP contribution in [0.5, 0.6) is 0 Å². The summed E-state index contributed by atoms with van der Waals surface area (Å²) in [4.78, 5) is 42.1. The number of carbonyl (C=O) groups is 3. The fraction of sp³-hybridized carbons (Fsp3) is 0.833. The van der Waals surface area contributed by atoms with Gasteiger partial charge in [0.1, 0.15) is 16.9 Å². The van der Waals surface area contributed by atoms with Gasteiger partial charge in [-0.05, 0) is 33.6 Å². The Kier molecular flexibility index (Phi) is 5.47. The molecule has 1 atom stereocenters. The zero-order valence-electron chi connectivity index (χ0n) is 16.3. The van der Waals surface area contributed by atoms with E-state index in [0.717, 1.165) is 6.54 Å². The van der Waals surface area contributed by atoms with Gasteiger partial charge in [0, 0.05) is 19.6 Å². The van der Waals surface area contributed by atoms with E-state index in [-0.39, 0.29) is 24.3 Å². The van der Waals surface area contributed by atoms with Crippen molar-refractivity contribution in [1.29, 1.82) is 0 Å². The molecular formula is C18H31N3O4. The lowest BCUT2D eigenvalue weighted by Gasteiger charge is -2.58. The maximum Gasteiger partial charge on any atom is 0.410 e. The molecule has 1 unspecified atom stereocenters. The van der Waals surface area contributed by atoms with Gasteiger partial charge in [0.15, 0.2) is 0 Å². The van der Waals surface area contributed by atoms with Crippen LogP contribution < -0.4 is 0 Å². The molecule has 0 aromatic carbocycles. The van der Waals surface area contributed by atoms with Gasteiger partial charge in [-0.3, -0.25) is 14.5 Å². The lowest BCUT2D eigenvalue weighted by molar-refractivity contribution is -0.173. The highest BCUT2D eigenvalue weighted by Crippen LogP contribution is 2.34. The van der Waals surface area contributed by atoms with E-state index in [1.807, 2.05) is 20.8 Å². The summed E-state index contributed by atoms with van der Waals surface area (Å²) in [6.07, 6.45) is -0.381. The van der Waals surface area contributed by atoms with Crippen LogP contribution in [0.15, 0.2) is 0 Å². The summed E-state index contributed by atoms with van der Waals surface area (Å²) in [7, 11) is 0. The van der Waals surface area contributed by atoms with Crippen molar-refractivity contribution in [2.75, 3.05) is 39.3 Å². The number of piperazine rings is 1. The summed E-state index contributed by atoms with van der Waals surface area (Å²) in [5, 5.41) is 0. The highest BCUT2D eigenvalue weighted by molar-refractivity contribution is 5.96. The van der Waals surface area contributed by atoms with Gasteiger partial charge in [0.25, 0.3) is 0 Å². The Balaban J connectivity index is 2.15. The highest BCUT2D eigenvalue weighted by atomic mass is 16.6. The average Bonchev–Trinajstić information content (AvgIpc) is 2.45. The second kappa shape index (κ2) is 6.94. The molecule has 2 heterocycles. The van der Waals surface area contributed by atoms with E-state index in [1.165, 1.54) is 6.92 Å². The van der Waals surface area contributed by atoms with Gasteiger partial charge in [-0.25, -0.2) is 4.79 Å². The molecule has 1 spiro atoms. The molecule has 0 N–H and O–H groups in total. The molecule has 2 fully saturated rings. The number of hydrogen-bond donors (Lipinski definition) is 0. The number of likely N-dealkylation sites (tertiary alicyclic amines) is 1. The van der Waals surface area contributed by atoms with Crippen molar-refractivity contribution in [2.45, 2.75) is 52.7 Å². The third-order valence-electron chi connectivity index (χ3n) is 4.49. The van der Waals surface area contributed by atoms with Crippen LogP contribution in [0.25, 0.3) is 0 Å². The topological polar surface area (TPSA) is 70.2 Å². The van der Waals surface area contributed by atoms with E-state index in [9.17, 15) is 14.4 Å². The molecule has 7 heteroatoms. The van der Waals surface area contributed by atoms with Crippen LogP contribution in [-0.2, 0) is 14.3 Å². The van der Waals surface area contributed by atoms with Crippen molar-refractivity contribution >= 4 is 17.8 Å². The maximum atomic E-state index is 12.9. The Morgan fingerprint density at radius 2 is 1.84 bits per heavy atom. The van der Waals surface area contributed by atoms with Crippen molar-refractivity contribution in [3.63, 3.8) is 0 Å². The van der Waals surface area contributed by atoms with Crippen LogP contribution in [0.3, 0.4) is 0 Å². The fourth-order valence-electron chi connectivity index (χ4n) is 3.55. The summed E-state index contributed by atoms with van der Waals surface area (Å²) >= 11 is 0. The smallest absolute Gasteiger partial charge is 0.410 e. The van der Waals surface area contributed by atoms with Gasteiger partial charge in [-0.1, -0.05) is 13.8 Å². The average molecular weight is 353 g/mol. The van der Waals surface area contributed by atoms with Crippen LogP contribution in [0, 0.1) is 5.92 Å². The summed E-state index contributed by atoms with van der Waals surface area (Å²) < 4.78 is 5.47. The molecule has 0 aromatic rings. The van der Waals surface area contributed by atoms with Crippen LogP contribution in [0.2, 0.25) is 0 Å². The second-order valence-electron chi connectivity index (χ2n) is 8.64. The lowest BCUT2D eigenvalue weighted by Crippen LogP contribution is -2.81. The van der Waals surface area contributed by atoms with Gasteiger partial charge in [-0.2, -0.15) is 0 Å². The van der Waals surface area contributed by atoms with E-state index < -0.39 is 11.1 Å². The molecule has 0 aromatic heterocycles. The van der Waals surface area contributed by atoms with Gasteiger partial charge < -0.3 is 14.5 Å². The minimum absolute atomic E-state index is 0.0292. The first-order valence-electron chi connectivity index (χ1n) is 8.96. The molecule has 0 bridgehead atoms. The number of carbonyl (C=O) groups excluding carboxylic acids is 3. The summed E-state index contributed by atoms with van der Waals surface area (Å²) in [5.41, 5.74) is -1.28. The fourth-order valence-corrected chi connectivity index (χ4v) is 3.55. The third-order valence-corrected chi connectivity index (χ3v) is 4.49. The SMILES string of the molecule is CC(=O)CN1CC2(CN(C(=O)OC(C)(C)C)CCN2CC(C)C)C1=O. The summed E-state index contributed by atoms with van der Waals surface area (Å²) in [5.74, 6) is 0.328. The van der Waals surface area contributed by atoms with Crippen molar-refractivity contribution in [2.24, 2.45) is 5.92 Å². The number of hydrogen-bond acceptors (Lipinski definition) is 5. The third kappa shape index (κ3) is 4.32. The molecule has 2 amide bonds. The van der Waals surface area contributed by atoms with Gasteiger partial charge in [-0.15, -0.1) is 0 Å². The first kappa shape index (κ1) is 19.7. The number of Topliss-reactive ketones (excluding diaryl/α,β-unsaturated/α-hetero) is 1. The minimum atomic E-state index is -0.713. The Bertz CT molecular complexity index is 555. The monoisotopic (exact) mass is 353 g/mol. The van der Waals surface area contributed by atoms with E-state index in [4.69, 9.17) is 4.74 Å². The van der Waals surface area contributed by atoms with Crippen molar-refractivity contribution < 1.29 is 19.1 Å². The van der Waals surface area contributed by atoms with Gasteiger partial charge >= 0.3 is 6.09 Å². The summed E-state index contributed by atoms with van der Waals surface area (Å²) in [6.45, 7) is 14.1. The first-order valence-corrected chi connectivity index (χ1v) is 8.96. The number of amides is 2. The maximum absolute atomic E-state index is 12.9. The first-order chi connectivity index (χ1) is 11.4. The molecule has 142 valence electrons. The van der Waals surface area contributed by atoms with E-state index in [1.54, 1.807) is 9.80 Å². The van der Waals surface area contributed by atoms with E-state index >= 15 is 0 Å². The molecule has 0 radical (unpaired) electrons. The number of ketones is 1. The van der Waals surface area contributed by atoms with Crippen molar-refractivity contribution in [3.8, 4) is 0 Å². The molecular weight excluding hydrogens is 322 g/mol. The molecule has 25 heavy (non-hydrogen) atoms. The van der Waals surface area contributed by atoms with Gasteiger partial charge in [0.2, 0.25) is 5.91 Å². The normalized spacial score (nSPS) is 24.7. The zero-order chi connectivity index (χ0) is 19.0. The Hall–Kier alpha value is -1.63. The predicted octanol–water partition coefficient (Wildman–Crippen LogP) is 1.37. The molecule has 2 aliphatic rings. The standard InChI is InChI=1S/C18H31N3O4/c1-13(2)9-21-8-7-19(16(24)25-17(4,5)6)11-18(21)12-20(15(18)23)10-14(3)22/h13H,7-12H2,1-6H3. The Labute approximate surface area is 150 Å².